The second kappa shape index (κ2) is 9.42. The number of ether oxygens (including phenoxy) is 2. The molecule has 0 aliphatic heterocycles. The van der Waals surface area contributed by atoms with Gasteiger partial charge in [-0.2, -0.15) is 5.26 Å². The van der Waals surface area contributed by atoms with Gasteiger partial charge in [-0.15, -0.1) is 0 Å². The third-order valence-electron chi connectivity index (χ3n) is 6.82. The molecule has 0 aliphatic rings. The number of hydrogen-bond donors (Lipinski definition) is 1. The highest BCUT2D eigenvalue weighted by molar-refractivity contribution is 6.25. The van der Waals surface area contributed by atoms with Crippen LogP contribution in [0.3, 0.4) is 0 Å². The van der Waals surface area contributed by atoms with E-state index in [0.29, 0.717) is 17.7 Å². The molecule has 0 amide bonds. The SMILES string of the molecule is COc1cccc(-c2cc(-c3ccc4ccc5cccc6ccc3c4c56)c(C#N)c(OCCCO)n2)c1. The fourth-order valence-corrected chi connectivity index (χ4v) is 5.08. The van der Waals surface area contributed by atoms with Gasteiger partial charge in [-0.05, 0) is 56.1 Å². The number of rotatable bonds is 7. The number of methoxy groups -OCH3 is 1. The van der Waals surface area contributed by atoms with E-state index in [1.165, 1.54) is 21.5 Å². The Labute approximate surface area is 214 Å². The molecule has 0 unspecified atom stereocenters. The van der Waals surface area contributed by atoms with Crippen LogP contribution in [-0.4, -0.2) is 30.4 Å². The molecular formula is C32H24N2O3. The van der Waals surface area contributed by atoms with E-state index < -0.39 is 0 Å². The molecule has 6 rings (SSSR count). The lowest BCUT2D eigenvalue weighted by Gasteiger charge is -2.17. The van der Waals surface area contributed by atoms with Gasteiger partial charge in [0.2, 0.25) is 5.88 Å². The van der Waals surface area contributed by atoms with Gasteiger partial charge in [-0.3, -0.25) is 0 Å². The van der Waals surface area contributed by atoms with Crippen molar-refractivity contribution < 1.29 is 14.6 Å². The maximum Gasteiger partial charge on any atom is 0.232 e. The quantitative estimate of drug-likeness (QED) is 0.196. The number of aromatic nitrogens is 1. The molecule has 0 radical (unpaired) electrons. The van der Waals surface area contributed by atoms with E-state index in [9.17, 15) is 10.4 Å². The summed E-state index contributed by atoms with van der Waals surface area (Å²) in [6.07, 6.45) is 0.448. The molecule has 0 spiro atoms. The Morgan fingerprint density at radius 3 is 2.32 bits per heavy atom. The Balaban J connectivity index is 1.65. The van der Waals surface area contributed by atoms with E-state index in [1.54, 1.807) is 7.11 Å². The van der Waals surface area contributed by atoms with Crippen LogP contribution in [-0.2, 0) is 0 Å². The Hall–Kier alpha value is -4.66. The fraction of sp³-hybridized carbons (Fsp3) is 0.125. The van der Waals surface area contributed by atoms with Crippen LogP contribution in [0.4, 0.5) is 0 Å². The molecule has 180 valence electrons. The van der Waals surface area contributed by atoms with Crippen molar-refractivity contribution in [3.63, 3.8) is 0 Å². The minimum absolute atomic E-state index is 0.000651. The Morgan fingerprint density at radius 2 is 1.57 bits per heavy atom. The van der Waals surface area contributed by atoms with E-state index in [-0.39, 0.29) is 19.1 Å². The first-order valence-corrected chi connectivity index (χ1v) is 12.2. The van der Waals surface area contributed by atoms with Crippen LogP contribution in [0.5, 0.6) is 11.6 Å². The monoisotopic (exact) mass is 484 g/mol. The molecule has 0 saturated heterocycles. The van der Waals surface area contributed by atoms with Crippen molar-refractivity contribution in [1.29, 1.82) is 5.26 Å². The molecule has 0 aliphatic carbocycles. The van der Waals surface area contributed by atoms with E-state index in [4.69, 9.17) is 14.5 Å². The number of nitriles is 1. The molecule has 37 heavy (non-hydrogen) atoms. The fourth-order valence-electron chi connectivity index (χ4n) is 5.08. The first kappa shape index (κ1) is 22.8. The summed E-state index contributed by atoms with van der Waals surface area (Å²) < 4.78 is 11.4. The van der Waals surface area contributed by atoms with Gasteiger partial charge in [0.15, 0.2) is 0 Å². The van der Waals surface area contributed by atoms with E-state index in [0.717, 1.165) is 33.2 Å². The summed E-state index contributed by atoms with van der Waals surface area (Å²) in [5, 5.41) is 26.5. The smallest absolute Gasteiger partial charge is 0.232 e. The predicted molar refractivity (Wildman–Crippen MR) is 147 cm³/mol. The van der Waals surface area contributed by atoms with Crippen LogP contribution in [0.15, 0.2) is 84.9 Å². The summed E-state index contributed by atoms with van der Waals surface area (Å²) in [5.74, 6) is 0.979. The molecule has 1 heterocycles. The molecule has 0 atom stereocenters. The van der Waals surface area contributed by atoms with Crippen LogP contribution >= 0.6 is 0 Å². The van der Waals surface area contributed by atoms with Crippen LogP contribution in [0, 0.1) is 11.3 Å². The minimum atomic E-state index is -0.000651. The van der Waals surface area contributed by atoms with Crippen LogP contribution in [0.25, 0.3) is 54.7 Å². The largest absolute Gasteiger partial charge is 0.497 e. The van der Waals surface area contributed by atoms with Crippen LogP contribution in [0.2, 0.25) is 0 Å². The van der Waals surface area contributed by atoms with Crippen molar-refractivity contribution in [2.75, 3.05) is 20.3 Å². The van der Waals surface area contributed by atoms with Gasteiger partial charge >= 0.3 is 0 Å². The lowest BCUT2D eigenvalue weighted by atomic mass is 9.88. The molecule has 5 heteroatoms. The zero-order chi connectivity index (χ0) is 25.4. The summed E-state index contributed by atoms with van der Waals surface area (Å²) in [7, 11) is 1.63. The highest BCUT2D eigenvalue weighted by Crippen LogP contribution is 2.42. The van der Waals surface area contributed by atoms with Crippen LogP contribution < -0.4 is 9.47 Å². The molecule has 5 aromatic carbocycles. The zero-order valence-corrected chi connectivity index (χ0v) is 20.4. The number of pyridine rings is 1. The zero-order valence-electron chi connectivity index (χ0n) is 20.4. The molecule has 1 aromatic heterocycles. The van der Waals surface area contributed by atoms with Crippen molar-refractivity contribution in [3.05, 3.63) is 90.5 Å². The molecule has 0 bridgehead atoms. The molecule has 0 saturated carbocycles. The summed E-state index contributed by atoms with van der Waals surface area (Å²) in [6, 6.07) is 31.1. The van der Waals surface area contributed by atoms with Crippen LogP contribution in [0.1, 0.15) is 12.0 Å². The maximum absolute atomic E-state index is 10.3. The highest BCUT2D eigenvalue weighted by atomic mass is 16.5. The summed E-state index contributed by atoms with van der Waals surface area (Å²) in [6.45, 7) is 0.261. The topological polar surface area (TPSA) is 75.4 Å². The molecule has 6 aromatic rings. The first-order valence-electron chi connectivity index (χ1n) is 12.2. The Bertz CT molecular complexity index is 1790. The number of benzene rings is 5. The second-order valence-corrected chi connectivity index (χ2v) is 8.97. The van der Waals surface area contributed by atoms with Crippen molar-refractivity contribution in [2.45, 2.75) is 6.42 Å². The van der Waals surface area contributed by atoms with E-state index in [2.05, 4.69) is 60.7 Å². The van der Waals surface area contributed by atoms with Crippen molar-refractivity contribution in [2.24, 2.45) is 0 Å². The van der Waals surface area contributed by atoms with E-state index in [1.807, 2.05) is 30.3 Å². The van der Waals surface area contributed by atoms with Crippen molar-refractivity contribution in [1.82, 2.24) is 4.98 Å². The number of hydrogen-bond acceptors (Lipinski definition) is 5. The van der Waals surface area contributed by atoms with E-state index >= 15 is 0 Å². The third kappa shape index (κ3) is 3.88. The number of nitrogens with zero attached hydrogens (tertiary/aromatic N) is 2. The minimum Gasteiger partial charge on any atom is -0.497 e. The van der Waals surface area contributed by atoms with Gasteiger partial charge in [0.1, 0.15) is 17.4 Å². The van der Waals surface area contributed by atoms with Gasteiger partial charge in [-0.1, -0.05) is 66.7 Å². The molecule has 1 N–H and O–H groups in total. The van der Waals surface area contributed by atoms with Gasteiger partial charge < -0.3 is 14.6 Å². The van der Waals surface area contributed by atoms with Gasteiger partial charge in [0, 0.05) is 24.2 Å². The standard InChI is InChI=1S/C32H24N2O3/c1-36-24-8-3-7-23(17-24)29-18-27(28(19-33)32(34-29)37-16-4-15-35)25-13-11-22-10-9-20-5-2-6-21-12-14-26(25)31(22)30(20)21/h2-3,5-14,17-18,35H,4,15-16H2,1H3. The second-order valence-electron chi connectivity index (χ2n) is 8.97. The lowest BCUT2D eigenvalue weighted by molar-refractivity contribution is 0.229. The van der Waals surface area contributed by atoms with Gasteiger partial charge in [-0.25, -0.2) is 4.98 Å². The Kier molecular flexibility index (Phi) is 5.80. The Morgan fingerprint density at radius 1 is 0.838 bits per heavy atom. The summed E-state index contributed by atoms with van der Waals surface area (Å²) in [5.41, 5.74) is 3.61. The molecule has 5 nitrogen and oxygen atoms in total. The number of aliphatic hydroxyl groups is 1. The van der Waals surface area contributed by atoms with Gasteiger partial charge in [0.25, 0.3) is 0 Å². The predicted octanol–water partition coefficient (Wildman–Crippen LogP) is 6.95. The third-order valence-corrected chi connectivity index (χ3v) is 6.82. The maximum atomic E-state index is 10.3. The van der Waals surface area contributed by atoms with Crippen molar-refractivity contribution >= 4 is 32.3 Å². The normalized spacial score (nSPS) is 11.3. The molecule has 0 fully saturated rings. The van der Waals surface area contributed by atoms with Crippen molar-refractivity contribution in [3.8, 4) is 40.1 Å². The summed E-state index contributed by atoms with van der Waals surface area (Å²) >= 11 is 0. The average Bonchev–Trinajstić information content (AvgIpc) is 2.95. The average molecular weight is 485 g/mol. The highest BCUT2D eigenvalue weighted by Gasteiger charge is 2.20. The number of aliphatic hydroxyl groups excluding tert-OH is 1. The molecular weight excluding hydrogens is 460 g/mol. The summed E-state index contributed by atoms with van der Waals surface area (Å²) in [4.78, 5) is 4.73. The lowest BCUT2D eigenvalue weighted by Crippen LogP contribution is -2.05. The van der Waals surface area contributed by atoms with Gasteiger partial charge in [0.05, 0.1) is 19.4 Å². The first-order chi connectivity index (χ1) is 18.2.